The van der Waals surface area contributed by atoms with Gasteiger partial charge in [-0.1, -0.05) is 12.1 Å². The normalized spacial score (nSPS) is 12.5. The summed E-state index contributed by atoms with van der Waals surface area (Å²) in [6.07, 6.45) is 4.05. The predicted octanol–water partition coefficient (Wildman–Crippen LogP) is 3.91. The summed E-state index contributed by atoms with van der Waals surface area (Å²) in [5.74, 6) is 0.548. The molecule has 1 aromatic heterocycles. The molecule has 0 radical (unpaired) electrons. The minimum Gasteiger partial charge on any atom is -0.357 e. The Morgan fingerprint density at radius 3 is 2.67 bits per heavy atom. The Bertz CT molecular complexity index is 681. The maximum Gasteiger partial charge on any atom is 0.192 e. The molecule has 2 rings (SSSR count). The van der Waals surface area contributed by atoms with E-state index in [0.717, 1.165) is 23.6 Å². The quantitative estimate of drug-likeness (QED) is 0.417. The van der Waals surface area contributed by atoms with Crippen molar-refractivity contribution in [1.82, 2.24) is 15.2 Å². The maximum absolute atomic E-state index is 13.7. The minimum absolute atomic E-state index is 0. The van der Waals surface area contributed by atoms with Gasteiger partial charge in [0.2, 0.25) is 0 Å². The highest BCUT2D eigenvalue weighted by molar-refractivity contribution is 14.0. The van der Waals surface area contributed by atoms with Crippen LogP contribution in [0.5, 0.6) is 0 Å². The van der Waals surface area contributed by atoms with E-state index < -0.39 is 0 Å². The maximum atomic E-state index is 13.7. The molecule has 4 nitrogen and oxygen atoms in total. The summed E-state index contributed by atoms with van der Waals surface area (Å²) < 4.78 is 15.7. The molecule has 0 bridgehead atoms. The lowest BCUT2D eigenvalue weighted by Crippen LogP contribution is -2.38. The first-order valence-electron chi connectivity index (χ1n) is 7.91. The molecule has 1 unspecified atom stereocenters. The van der Waals surface area contributed by atoms with E-state index in [1.807, 2.05) is 50.0 Å². The average Bonchev–Trinajstić information content (AvgIpc) is 2.93. The summed E-state index contributed by atoms with van der Waals surface area (Å²) in [5, 5.41) is 6.55. The van der Waals surface area contributed by atoms with Gasteiger partial charge in [-0.3, -0.25) is 0 Å². The van der Waals surface area contributed by atoms with Crippen LogP contribution in [0.2, 0.25) is 0 Å². The monoisotopic (exact) mass is 444 g/mol. The zero-order valence-corrected chi connectivity index (χ0v) is 17.0. The van der Waals surface area contributed by atoms with Gasteiger partial charge < -0.3 is 15.2 Å². The molecular formula is C18H26FIN4. The van der Waals surface area contributed by atoms with Crippen LogP contribution in [0.15, 0.2) is 41.7 Å². The second kappa shape index (κ2) is 9.66. The Morgan fingerprint density at radius 1 is 1.33 bits per heavy atom. The third kappa shape index (κ3) is 5.81. The first kappa shape index (κ1) is 20.5. The van der Waals surface area contributed by atoms with E-state index in [4.69, 9.17) is 0 Å². The van der Waals surface area contributed by atoms with E-state index >= 15 is 0 Å². The molecule has 0 amide bonds. The Labute approximate surface area is 160 Å². The first-order chi connectivity index (χ1) is 11.0. The number of aromatic nitrogens is 1. The molecule has 132 valence electrons. The molecule has 1 atom stereocenters. The summed E-state index contributed by atoms with van der Waals surface area (Å²) in [4.78, 5) is 4.59. The van der Waals surface area contributed by atoms with Gasteiger partial charge in [-0.25, -0.2) is 9.38 Å². The van der Waals surface area contributed by atoms with Crippen molar-refractivity contribution in [1.29, 1.82) is 0 Å². The van der Waals surface area contributed by atoms with E-state index in [1.54, 1.807) is 19.1 Å². The van der Waals surface area contributed by atoms with E-state index in [9.17, 15) is 4.39 Å². The smallest absolute Gasteiger partial charge is 0.192 e. The van der Waals surface area contributed by atoms with Gasteiger partial charge in [-0.05, 0) is 49.6 Å². The fourth-order valence-electron chi connectivity index (χ4n) is 2.31. The van der Waals surface area contributed by atoms with E-state index in [1.165, 1.54) is 0 Å². The Morgan fingerprint density at radius 2 is 2.08 bits per heavy atom. The number of rotatable bonds is 5. The molecular weight excluding hydrogens is 418 g/mol. The molecule has 1 heterocycles. The van der Waals surface area contributed by atoms with Crippen LogP contribution in [0.1, 0.15) is 36.6 Å². The number of halogens is 2. The van der Waals surface area contributed by atoms with Crippen LogP contribution in [0.3, 0.4) is 0 Å². The van der Waals surface area contributed by atoms with Crippen LogP contribution in [0.4, 0.5) is 4.39 Å². The summed E-state index contributed by atoms with van der Waals surface area (Å²) >= 11 is 0. The molecule has 0 saturated carbocycles. The number of nitrogens with one attached hydrogen (secondary N) is 2. The lowest BCUT2D eigenvalue weighted by Gasteiger charge is -2.18. The topological polar surface area (TPSA) is 41.4 Å². The van der Waals surface area contributed by atoms with Crippen molar-refractivity contribution in [2.75, 3.05) is 6.54 Å². The first-order valence-corrected chi connectivity index (χ1v) is 7.91. The fraction of sp³-hybridized carbons (Fsp3) is 0.389. The van der Waals surface area contributed by atoms with Crippen molar-refractivity contribution >= 4 is 29.9 Å². The van der Waals surface area contributed by atoms with Crippen LogP contribution in [-0.2, 0) is 13.6 Å². The van der Waals surface area contributed by atoms with Crippen molar-refractivity contribution < 1.29 is 4.39 Å². The van der Waals surface area contributed by atoms with Crippen LogP contribution < -0.4 is 10.6 Å². The third-order valence-corrected chi connectivity index (χ3v) is 3.71. The second-order valence-corrected chi connectivity index (χ2v) is 5.76. The number of aryl methyl sites for hydroxylation is 2. The second-order valence-electron chi connectivity index (χ2n) is 5.76. The van der Waals surface area contributed by atoms with Gasteiger partial charge in [0, 0.05) is 26.0 Å². The highest BCUT2D eigenvalue weighted by Crippen LogP contribution is 2.16. The van der Waals surface area contributed by atoms with E-state index in [-0.39, 0.29) is 35.8 Å². The standard InChI is InChI=1S/C18H25FN4.HI/c1-5-20-18(21-11-15-8-9-23(4)12-15)22-14(3)16-7-6-13(2)17(19)10-16;/h6-10,12,14H,5,11H2,1-4H3,(H2,20,21,22);1H. The zero-order chi connectivity index (χ0) is 16.8. The molecule has 0 fully saturated rings. The van der Waals surface area contributed by atoms with Crippen molar-refractivity contribution in [2.45, 2.75) is 33.4 Å². The van der Waals surface area contributed by atoms with Crippen molar-refractivity contribution in [3.05, 3.63) is 59.2 Å². The number of benzene rings is 1. The third-order valence-electron chi connectivity index (χ3n) is 3.71. The number of hydrogen-bond acceptors (Lipinski definition) is 1. The summed E-state index contributed by atoms with van der Waals surface area (Å²) in [6.45, 7) is 7.17. The molecule has 0 spiro atoms. The molecule has 1 aromatic carbocycles. The largest absolute Gasteiger partial charge is 0.357 e. The van der Waals surface area contributed by atoms with Crippen LogP contribution in [-0.4, -0.2) is 17.1 Å². The number of nitrogens with zero attached hydrogens (tertiary/aromatic N) is 2. The van der Waals surface area contributed by atoms with Gasteiger partial charge in [0.15, 0.2) is 5.96 Å². The van der Waals surface area contributed by atoms with Gasteiger partial charge >= 0.3 is 0 Å². The molecule has 2 N–H and O–H groups in total. The molecule has 2 aromatic rings. The van der Waals surface area contributed by atoms with Crippen LogP contribution >= 0.6 is 24.0 Å². The molecule has 0 aliphatic rings. The number of guanidine groups is 1. The zero-order valence-electron chi connectivity index (χ0n) is 14.6. The number of hydrogen-bond donors (Lipinski definition) is 2. The predicted molar refractivity (Wildman–Crippen MR) is 108 cm³/mol. The summed E-state index contributed by atoms with van der Waals surface area (Å²) in [6, 6.07) is 7.34. The minimum atomic E-state index is -0.178. The Kier molecular flexibility index (Phi) is 8.24. The lowest BCUT2D eigenvalue weighted by atomic mass is 10.1. The fourth-order valence-corrected chi connectivity index (χ4v) is 2.31. The highest BCUT2D eigenvalue weighted by Gasteiger charge is 2.09. The van der Waals surface area contributed by atoms with Crippen molar-refractivity contribution in [3.8, 4) is 0 Å². The van der Waals surface area contributed by atoms with Gasteiger partial charge in [0.05, 0.1) is 12.6 Å². The summed E-state index contributed by atoms with van der Waals surface area (Å²) in [5.41, 5.74) is 2.71. The molecule has 0 aliphatic carbocycles. The van der Waals surface area contributed by atoms with Crippen molar-refractivity contribution in [2.24, 2.45) is 12.0 Å². The Balaban J connectivity index is 0.00000288. The van der Waals surface area contributed by atoms with Crippen LogP contribution in [0.25, 0.3) is 0 Å². The average molecular weight is 444 g/mol. The van der Waals surface area contributed by atoms with Gasteiger partial charge in [-0.15, -0.1) is 24.0 Å². The van der Waals surface area contributed by atoms with Gasteiger partial charge in [0.1, 0.15) is 5.82 Å². The SMILES string of the molecule is CCNC(=NCc1ccn(C)c1)NC(C)c1ccc(C)c(F)c1.I. The van der Waals surface area contributed by atoms with Crippen LogP contribution in [0, 0.1) is 12.7 Å². The van der Waals surface area contributed by atoms with Gasteiger partial charge in [-0.2, -0.15) is 0 Å². The molecule has 24 heavy (non-hydrogen) atoms. The van der Waals surface area contributed by atoms with Gasteiger partial charge in [0.25, 0.3) is 0 Å². The highest BCUT2D eigenvalue weighted by atomic mass is 127. The van der Waals surface area contributed by atoms with Crippen molar-refractivity contribution in [3.63, 3.8) is 0 Å². The molecule has 6 heteroatoms. The summed E-state index contributed by atoms with van der Waals surface area (Å²) in [7, 11) is 1.99. The number of aliphatic imine (C=N–C) groups is 1. The lowest BCUT2D eigenvalue weighted by molar-refractivity contribution is 0.607. The Hall–Kier alpha value is -1.57. The van der Waals surface area contributed by atoms with E-state index in [0.29, 0.717) is 12.1 Å². The van der Waals surface area contributed by atoms with E-state index in [2.05, 4.69) is 15.6 Å². The molecule has 0 saturated heterocycles. The molecule has 0 aliphatic heterocycles.